The van der Waals surface area contributed by atoms with E-state index in [1.165, 1.54) is 0 Å². The molecule has 0 aliphatic heterocycles. The molecule has 0 saturated heterocycles. The Hall–Kier alpha value is -3.32. The number of carbonyl (C=O) groups is 1. The van der Waals surface area contributed by atoms with Gasteiger partial charge in [-0.1, -0.05) is 30.3 Å². The second kappa shape index (κ2) is 10.8. The summed E-state index contributed by atoms with van der Waals surface area (Å²) in [6.45, 7) is 7.05. The normalized spacial score (nSPS) is 11.2. The van der Waals surface area contributed by atoms with E-state index in [0.717, 1.165) is 16.5 Å². The first-order chi connectivity index (χ1) is 15.3. The second-order valence-electron chi connectivity index (χ2n) is 8.26. The van der Waals surface area contributed by atoms with Gasteiger partial charge < -0.3 is 24.3 Å². The van der Waals surface area contributed by atoms with Crippen molar-refractivity contribution in [2.75, 3.05) is 20.3 Å². The molecule has 1 heterocycles. The fraction of sp³-hybridized carbons (Fsp3) is 0.360. The van der Waals surface area contributed by atoms with Crippen LogP contribution in [0.25, 0.3) is 10.9 Å². The molecule has 170 valence electrons. The maximum atomic E-state index is 12.0. The third kappa shape index (κ3) is 7.13. The van der Waals surface area contributed by atoms with Crippen LogP contribution in [0.2, 0.25) is 0 Å². The number of rotatable bonds is 9. The van der Waals surface area contributed by atoms with Crippen molar-refractivity contribution in [3.8, 4) is 11.5 Å². The molecule has 2 aromatic carbocycles. The van der Waals surface area contributed by atoms with Gasteiger partial charge in [-0.25, -0.2) is 4.79 Å². The van der Waals surface area contributed by atoms with E-state index in [2.05, 4.69) is 10.3 Å². The molecule has 7 nitrogen and oxygen atoms in total. The zero-order chi connectivity index (χ0) is 23.0. The lowest BCUT2D eigenvalue weighted by Crippen LogP contribution is -2.32. The molecule has 1 aromatic heterocycles. The zero-order valence-electron chi connectivity index (χ0n) is 19.0. The molecule has 0 atom stereocenters. The van der Waals surface area contributed by atoms with Gasteiger partial charge in [0.1, 0.15) is 30.3 Å². The van der Waals surface area contributed by atoms with Crippen LogP contribution < -0.4 is 14.8 Å². The van der Waals surface area contributed by atoms with Crippen LogP contribution in [0.15, 0.2) is 54.6 Å². The molecule has 3 aromatic rings. The number of benzene rings is 2. The Labute approximate surface area is 188 Å². The quantitative estimate of drug-likeness (QED) is 0.481. The van der Waals surface area contributed by atoms with Crippen molar-refractivity contribution < 1.29 is 23.7 Å². The maximum Gasteiger partial charge on any atom is 0.407 e. The fourth-order valence-electron chi connectivity index (χ4n) is 2.98. The first-order valence-electron chi connectivity index (χ1n) is 10.5. The number of hydrogen-bond acceptors (Lipinski definition) is 6. The summed E-state index contributed by atoms with van der Waals surface area (Å²) in [6.07, 6.45) is -0.493. The van der Waals surface area contributed by atoms with Gasteiger partial charge in [0, 0.05) is 18.6 Å². The summed E-state index contributed by atoms with van der Waals surface area (Å²) in [7, 11) is 1.63. The number of hydrogen-bond donors (Lipinski definition) is 1. The van der Waals surface area contributed by atoms with Crippen LogP contribution in [-0.4, -0.2) is 37.0 Å². The molecule has 0 spiro atoms. The van der Waals surface area contributed by atoms with E-state index in [-0.39, 0.29) is 6.54 Å². The number of aromatic nitrogens is 1. The number of fused-ring (bicyclic) bond motifs is 1. The molecule has 7 heteroatoms. The first kappa shape index (κ1) is 23.3. The van der Waals surface area contributed by atoms with Crippen LogP contribution in [0.5, 0.6) is 11.5 Å². The van der Waals surface area contributed by atoms with Crippen LogP contribution in [0.4, 0.5) is 4.79 Å². The second-order valence-corrected chi connectivity index (χ2v) is 8.26. The van der Waals surface area contributed by atoms with Gasteiger partial charge in [0.05, 0.1) is 24.4 Å². The SMILES string of the molecule is COCCOc1ccc2nc(CNC(=O)OC(C)(C)C)cc(OCc3ccccc3)c2c1. The third-order valence-electron chi connectivity index (χ3n) is 4.40. The predicted octanol–water partition coefficient (Wildman–Crippen LogP) is 4.86. The van der Waals surface area contributed by atoms with E-state index in [0.29, 0.717) is 37.0 Å². The molecule has 0 unspecified atom stereocenters. The molecule has 0 radical (unpaired) electrons. The highest BCUT2D eigenvalue weighted by Crippen LogP contribution is 2.30. The minimum atomic E-state index is -0.565. The molecule has 1 N–H and O–H groups in total. The van der Waals surface area contributed by atoms with Gasteiger partial charge >= 0.3 is 6.09 Å². The van der Waals surface area contributed by atoms with Crippen molar-refractivity contribution in [2.45, 2.75) is 39.5 Å². The number of nitrogens with one attached hydrogen (secondary N) is 1. The van der Waals surface area contributed by atoms with Crippen LogP contribution >= 0.6 is 0 Å². The van der Waals surface area contributed by atoms with Gasteiger partial charge in [0.25, 0.3) is 0 Å². The van der Waals surface area contributed by atoms with Gasteiger partial charge in [-0.15, -0.1) is 0 Å². The van der Waals surface area contributed by atoms with E-state index in [9.17, 15) is 4.79 Å². The minimum Gasteiger partial charge on any atom is -0.491 e. The van der Waals surface area contributed by atoms with Crippen LogP contribution in [0, 0.1) is 0 Å². The smallest absolute Gasteiger partial charge is 0.407 e. The van der Waals surface area contributed by atoms with E-state index >= 15 is 0 Å². The van der Waals surface area contributed by atoms with Gasteiger partial charge in [-0.3, -0.25) is 4.98 Å². The van der Waals surface area contributed by atoms with Crippen LogP contribution in [0.3, 0.4) is 0 Å². The number of amides is 1. The summed E-state index contributed by atoms with van der Waals surface area (Å²) < 4.78 is 22.3. The molecule has 0 aliphatic carbocycles. The average molecular weight is 439 g/mol. The summed E-state index contributed by atoms with van der Waals surface area (Å²) in [5.41, 5.74) is 1.90. The molecular weight excluding hydrogens is 408 g/mol. The van der Waals surface area contributed by atoms with Gasteiger partial charge in [0.2, 0.25) is 0 Å². The molecular formula is C25H30N2O5. The predicted molar refractivity (Wildman–Crippen MR) is 123 cm³/mol. The molecule has 0 saturated carbocycles. The number of carbonyl (C=O) groups excluding carboxylic acids is 1. The van der Waals surface area contributed by atoms with E-state index in [1.54, 1.807) is 7.11 Å². The average Bonchev–Trinajstić information content (AvgIpc) is 2.76. The number of nitrogens with zero attached hydrogens (tertiary/aromatic N) is 1. The van der Waals surface area contributed by atoms with Crippen molar-refractivity contribution in [1.29, 1.82) is 0 Å². The van der Waals surface area contributed by atoms with E-state index < -0.39 is 11.7 Å². The lowest BCUT2D eigenvalue weighted by atomic mass is 10.1. The largest absolute Gasteiger partial charge is 0.491 e. The molecule has 3 rings (SSSR count). The van der Waals surface area contributed by atoms with Gasteiger partial charge in [0.15, 0.2) is 0 Å². The zero-order valence-corrected chi connectivity index (χ0v) is 19.0. The Kier molecular flexibility index (Phi) is 7.89. The summed E-state index contributed by atoms with van der Waals surface area (Å²) in [4.78, 5) is 16.7. The molecule has 0 bridgehead atoms. The maximum absolute atomic E-state index is 12.0. The minimum absolute atomic E-state index is 0.221. The van der Waals surface area contributed by atoms with Crippen molar-refractivity contribution in [3.05, 3.63) is 65.9 Å². The van der Waals surface area contributed by atoms with Crippen molar-refractivity contribution in [3.63, 3.8) is 0 Å². The highest BCUT2D eigenvalue weighted by molar-refractivity contribution is 5.86. The molecule has 0 fully saturated rings. The summed E-state index contributed by atoms with van der Waals surface area (Å²) in [6, 6.07) is 17.4. The number of ether oxygens (including phenoxy) is 4. The lowest BCUT2D eigenvalue weighted by molar-refractivity contribution is 0.0523. The van der Waals surface area contributed by atoms with Crippen LogP contribution in [0.1, 0.15) is 32.0 Å². The van der Waals surface area contributed by atoms with E-state index in [1.807, 2.05) is 75.4 Å². The Balaban J connectivity index is 1.83. The van der Waals surface area contributed by atoms with E-state index in [4.69, 9.17) is 18.9 Å². The third-order valence-corrected chi connectivity index (χ3v) is 4.40. The first-order valence-corrected chi connectivity index (χ1v) is 10.5. The van der Waals surface area contributed by atoms with Crippen molar-refractivity contribution in [1.82, 2.24) is 10.3 Å². The monoisotopic (exact) mass is 438 g/mol. The highest BCUT2D eigenvalue weighted by atomic mass is 16.6. The Morgan fingerprint density at radius 1 is 1.00 bits per heavy atom. The Bertz CT molecular complexity index is 1030. The summed E-state index contributed by atoms with van der Waals surface area (Å²) >= 11 is 0. The highest BCUT2D eigenvalue weighted by Gasteiger charge is 2.16. The summed E-state index contributed by atoms with van der Waals surface area (Å²) in [5, 5.41) is 3.58. The van der Waals surface area contributed by atoms with Gasteiger partial charge in [-0.2, -0.15) is 0 Å². The van der Waals surface area contributed by atoms with Crippen molar-refractivity contribution in [2.24, 2.45) is 0 Å². The fourth-order valence-corrected chi connectivity index (χ4v) is 2.98. The number of alkyl carbamates (subject to hydrolysis) is 1. The standard InChI is InChI=1S/C25H30N2O5/c1-25(2,3)32-24(28)26-16-19-14-23(31-17-18-8-6-5-7-9-18)21-15-20(30-13-12-29-4)10-11-22(21)27-19/h5-11,14-15H,12-13,16-17H2,1-4H3,(H,26,28). The van der Waals surface area contributed by atoms with Crippen LogP contribution in [-0.2, 0) is 22.6 Å². The topological polar surface area (TPSA) is 78.9 Å². The Morgan fingerprint density at radius 3 is 2.50 bits per heavy atom. The molecule has 32 heavy (non-hydrogen) atoms. The van der Waals surface area contributed by atoms with Crippen molar-refractivity contribution >= 4 is 17.0 Å². The molecule has 1 amide bonds. The lowest BCUT2D eigenvalue weighted by Gasteiger charge is -2.19. The Morgan fingerprint density at radius 2 is 1.78 bits per heavy atom. The number of pyridine rings is 1. The molecule has 0 aliphatic rings. The summed E-state index contributed by atoms with van der Waals surface area (Å²) in [5.74, 6) is 1.37. The number of methoxy groups -OCH3 is 1. The van der Waals surface area contributed by atoms with Gasteiger partial charge in [-0.05, 0) is 44.5 Å².